The molecule has 2 aromatic rings. The Kier molecular flexibility index (Phi) is 5.47. The molecule has 0 aliphatic carbocycles. The quantitative estimate of drug-likeness (QED) is 0.829. The van der Waals surface area contributed by atoms with E-state index < -0.39 is 0 Å². The largest absolute Gasteiger partial charge is 0.493 e. The maximum Gasteiger partial charge on any atom is 0.183 e. The predicted molar refractivity (Wildman–Crippen MR) is 85.9 cm³/mol. The van der Waals surface area contributed by atoms with Crippen molar-refractivity contribution in [3.05, 3.63) is 47.8 Å². The minimum Gasteiger partial charge on any atom is -0.493 e. The van der Waals surface area contributed by atoms with Crippen LogP contribution >= 0.6 is 11.8 Å². The second-order valence-corrected chi connectivity index (χ2v) is 5.69. The molecule has 1 aromatic carbocycles. The van der Waals surface area contributed by atoms with Crippen LogP contribution in [-0.4, -0.2) is 19.2 Å². The number of nitrogens with zero attached hydrogens (tertiary/aromatic N) is 1. The molecule has 0 aliphatic heterocycles. The van der Waals surface area contributed by atoms with Gasteiger partial charge < -0.3 is 15.2 Å². The van der Waals surface area contributed by atoms with E-state index >= 15 is 0 Å². The lowest BCUT2D eigenvalue weighted by Gasteiger charge is -2.11. The molecule has 5 heteroatoms. The van der Waals surface area contributed by atoms with E-state index in [1.807, 2.05) is 6.92 Å². The Balaban J connectivity index is 2.09. The zero-order valence-corrected chi connectivity index (χ0v) is 13.3. The van der Waals surface area contributed by atoms with Crippen molar-refractivity contribution in [2.75, 3.05) is 14.2 Å². The highest BCUT2D eigenvalue weighted by atomic mass is 32.2. The highest BCUT2D eigenvalue weighted by molar-refractivity contribution is 7.98. The van der Waals surface area contributed by atoms with E-state index in [-0.39, 0.29) is 6.04 Å². The Bertz CT molecular complexity index is 585. The number of benzene rings is 1. The van der Waals surface area contributed by atoms with Crippen molar-refractivity contribution in [2.45, 2.75) is 23.6 Å². The van der Waals surface area contributed by atoms with Crippen LogP contribution in [0.25, 0.3) is 0 Å². The summed E-state index contributed by atoms with van der Waals surface area (Å²) in [6.45, 7) is 1.98. The van der Waals surface area contributed by atoms with E-state index in [2.05, 4.69) is 29.2 Å². The maximum absolute atomic E-state index is 5.85. The number of hydrogen-bond donors (Lipinski definition) is 1. The van der Waals surface area contributed by atoms with Crippen molar-refractivity contribution in [2.24, 2.45) is 5.73 Å². The second kappa shape index (κ2) is 7.33. The summed E-state index contributed by atoms with van der Waals surface area (Å²) in [5.41, 5.74) is 7.86. The molecular formula is C16H20N2O2S. The third-order valence-electron chi connectivity index (χ3n) is 3.15. The molecule has 0 saturated carbocycles. The molecule has 4 nitrogen and oxygen atoms in total. The molecule has 0 amide bonds. The minimum absolute atomic E-state index is 0.0594. The van der Waals surface area contributed by atoms with Crippen molar-refractivity contribution in [1.82, 2.24) is 4.98 Å². The molecule has 21 heavy (non-hydrogen) atoms. The van der Waals surface area contributed by atoms with Crippen LogP contribution in [0.1, 0.15) is 24.2 Å². The Labute approximate surface area is 129 Å². The van der Waals surface area contributed by atoms with Gasteiger partial charge in [-0.2, -0.15) is 0 Å². The van der Waals surface area contributed by atoms with Crippen molar-refractivity contribution < 1.29 is 9.47 Å². The first-order valence-electron chi connectivity index (χ1n) is 6.70. The molecule has 0 radical (unpaired) electrons. The average molecular weight is 304 g/mol. The lowest BCUT2D eigenvalue weighted by molar-refractivity contribution is 0.350. The smallest absolute Gasteiger partial charge is 0.183 e. The fraction of sp³-hybridized carbons (Fsp3) is 0.312. The zero-order chi connectivity index (χ0) is 15.2. The fourth-order valence-corrected chi connectivity index (χ4v) is 2.81. The van der Waals surface area contributed by atoms with Crippen molar-refractivity contribution in [1.29, 1.82) is 0 Å². The maximum atomic E-state index is 5.85. The van der Waals surface area contributed by atoms with E-state index in [1.165, 1.54) is 4.90 Å². The molecule has 2 rings (SSSR count). The molecule has 0 fully saturated rings. The molecule has 1 aromatic heterocycles. The van der Waals surface area contributed by atoms with Gasteiger partial charge in [-0.25, -0.2) is 0 Å². The van der Waals surface area contributed by atoms with Gasteiger partial charge in [0.1, 0.15) is 0 Å². The number of nitrogens with two attached hydrogens (primary N) is 1. The SMILES string of the molecule is COc1ccnc(CSc2ccc(C(C)N)cc2)c1OC. The number of hydrogen-bond acceptors (Lipinski definition) is 5. The summed E-state index contributed by atoms with van der Waals surface area (Å²) < 4.78 is 10.7. The summed E-state index contributed by atoms with van der Waals surface area (Å²) in [6, 6.07) is 10.1. The van der Waals surface area contributed by atoms with E-state index in [9.17, 15) is 0 Å². The Hall–Kier alpha value is -1.72. The molecule has 1 atom stereocenters. The topological polar surface area (TPSA) is 57.4 Å². The Morgan fingerprint density at radius 3 is 2.43 bits per heavy atom. The third kappa shape index (κ3) is 3.89. The highest BCUT2D eigenvalue weighted by Crippen LogP contribution is 2.33. The second-order valence-electron chi connectivity index (χ2n) is 4.64. The first-order valence-corrected chi connectivity index (χ1v) is 7.68. The van der Waals surface area contributed by atoms with Crippen LogP contribution in [0.15, 0.2) is 41.4 Å². The average Bonchev–Trinajstić information content (AvgIpc) is 2.52. The Morgan fingerprint density at radius 2 is 1.86 bits per heavy atom. The molecule has 1 unspecified atom stereocenters. The van der Waals surface area contributed by atoms with E-state index in [1.54, 1.807) is 38.2 Å². The lowest BCUT2D eigenvalue weighted by Crippen LogP contribution is -2.04. The highest BCUT2D eigenvalue weighted by Gasteiger charge is 2.11. The summed E-state index contributed by atoms with van der Waals surface area (Å²) in [5.74, 6) is 2.12. The van der Waals surface area contributed by atoms with Crippen LogP contribution in [0.3, 0.4) is 0 Å². The number of thioether (sulfide) groups is 1. The number of ether oxygens (including phenoxy) is 2. The third-order valence-corrected chi connectivity index (χ3v) is 4.17. The van der Waals surface area contributed by atoms with Crippen molar-refractivity contribution in [3.8, 4) is 11.5 Å². The number of methoxy groups -OCH3 is 2. The fourth-order valence-electron chi connectivity index (χ4n) is 1.97. The standard InChI is InChI=1S/C16H20N2O2S/c1-11(17)12-4-6-13(7-5-12)21-10-14-16(20-3)15(19-2)8-9-18-14/h4-9,11H,10,17H2,1-3H3. The van der Waals surface area contributed by atoms with E-state index in [0.29, 0.717) is 11.5 Å². The van der Waals surface area contributed by atoms with Gasteiger partial charge in [0, 0.05) is 29.0 Å². The van der Waals surface area contributed by atoms with Gasteiger partial charge in [-0.3, -0.25) is 4.98 Å². The summed E-state index contributed by atoms with van der Waals surface area (Å²) >= 11 is 1.70. The lowest BCUT2D eigenvalue weighted by atomic mass is 10.1. The molecule has 1 heterocycles. The van der Waals surface area contributed by atoms with Gasteiger partial charge in [-0.05, 0) is 24.6 Å². The number of aromatic nitrogens is 1. The van der Waals surface area contributed by atoms with Gasteiger partial charge in [-0.1, -0.05) is 12.1 Å². The van der Waals surface area contributed by atoms with Gasteiger partial charge in [0.15, 0.2) is 11.5 Å². The molecule has 0 saturated heterocycles. The van der Waals surface area contributed by atoms with Gasteiger partial charge in [-0.15, -0.1) is 11.8 Å². The molecule has 2 N–H and O–H groups in total. The van der Waals surface area contributed by atoms with Crippen molar-refractivity contribution >= 4 is 11.8 Å². The summed E-state index contributed by atoms with van der Waals surface area (Å²) in [4.78, 5) is 5.55. The van der Waals surface area contributed by atoms with Crippen LogP contribution < -0.4 is 15.2 Å². The zero-order valence-electron chi connectivity index (χ0n) is 12.5. The first kappa shape index (κ1) is 15.7. The summed E-state index contributed by atoms with van der Waals surface area (Å²) in [7, 11) is 3.26. The van der Waals surface area contributed by atoms with Crippen LogP contribution in [-0.2, 0) is 5.75 Å². The first-order chi connectivity index (χ1) is 10.2. The predicted octanol–water partition coefficient (Wildman–Crippen LogP) is 3.41. The molecule has 112 valence electrons. The summed E-state index contributed by atoms with van der Waals surface area (Å²) in [6.07, 6.45) is 1.73. The summed E-state index contributed by atoms with van der Waals surface area (Å²) in [5, 5.41) is 0. The number of pyridine rings is 1. The van der Waals surface area contributed by atoms with Crippen LogP contribution in [0.4, 0.5) is 0 Å². The molecule has 0 bridgehead atoms. The van der Waals surface area contributed by atoms with Crippen LogP contribution in [0.2, 0.25) is 0 Å². The van der Waals surface area contributed by atoms with Gasteiger partial charge >= 0.3 is 0 Å². The normalized spacial score (nSPS) is 12.0. The van der Waals surface area contributed by atoms with Gasteiger partial charge in [0.05, 0.1) is 19.9 Å². The molecular weight excluding hydrogens is 284 g/mol. The van der Waals surface area contributed by atoms with Gasteiger partial charge in [0.2, 0.25) is 0 Å². The van der Waals surface area contributed by atoms with E-state index in [0.717, 1.165) is 17.0 Å². The minimum atomic E-state index is 0.0594. The van der Waals surface area contributed by atoms with Crippen molar-refractivity contribution in [3.63, 3.8) is 0 Å². The van der Waals surface area contributed by atoms with Crippen LogP contribution in [0.5, 0.6) is 11.5 Å². The van der Waals surface area contributed by atoms with E-state index in [4.69, 9.17) is 15.2 Å². The van der Waals surface area contributed by atoms with Gasteiger partial charge in [0.25, 0.3) is 0 Å². The molecule has 0 aliphatic rings. The molecule has 0 spiro atoms. The van der Waals surface area contributed by atoms with Crippen LogP contribution in [0, 0.1) is 0 Å². The number of rotatable bonds is 6. The Morgan fingerprint density at radius 1 is 1.14 bits per heavy atom. The monoisotopic (exact) mass is 304 g/mol.